The number of aryl methyl sites for hydroxylation is 1. The third kappa shape index (κ3) is 5.12. The number of halogens is 1. The second-order valence-corrected chi connectivity index (χ2v) is 8.42. The van der Waals surface area contributed by atoms with Crippen LogP contribution in [0.15, 0.2) is 53.4 Å². The molecule has 0 aromatic heterocycles. The Morgan fingerprint density at radius 2 is 1.65 bits per heavy atom. The molecule has 0 radical (unpaired) electrons. The molecule has 1 atom stereocenters. The normalized spacial score (nSPS) is 12.8. The first-order valence-corrected chi connectivity index (χ1v) is 9.70. The lowest BCUT2D eigenvalue weighted by Crippen LogP contribution is -2.26. The Morgan fingerprint density at radius 1 is 1.08 bits per heavy atom. The van der Waals surface area contributed by atoms with Gasteiger partial charge in [-0.25, -0.2) is 17.1 Å². The number of sulfonamides is 1. The summed E-state index contributed by atoms with van der Waals surface area (Å²) in [7, 11) is -0.483. The van der Waals surface area contributed by atoms with E-state index in [2.05, 4.69) is 5.32 Å². The largest absolute Gasteiger partial charge is 0.350 e. The number of carbonyl (C=O) groups is 1. The Labute approximate surface area is 153 Å². The summed E-state index contributed by atoms with van der Waals surface area (Å²) in [5.41, 5.74) is 1.71. The van der Waals surface area contributed by atoms with E-state index in [-0.39, 0.29) is 29.1 Å². The van der Waals surface area contributed by atoms with E-state index >= 15 is 0 Å². The summed E-state index contributed by atoms with van der Waals surface area (Å²) in [5, 5.41) is 2.87. The zero-order valence-electron chi connectivity index (χ0n) is 15.1. The van der Waals surface area contributed by atoms with Gasteiger partial charge in [0.15, 0.2) is 0 Å². The first-order valence-electron chi connectivity index (χ1n) is 8.26. The molecule has 0 fully saturated rings. The van der Waals surface area contributed by atoms with E-state index in [9.17, 15) is 17.6 Å². The topological polar surface area (TPSA) is 66.5 Å². The molecule has 0 aliphatic heterocycles. The van der Waals surface area contributed by atoms with Crippen molar-refractivity contribution < 1.29 is 17.6 Å². The molecule has 26 heavy (non-hydrogen) atoms. The lowest BCUT2D eigenvalue weighted by Gasteiger charge is -2.14. The zero-order valence-corrected chi connectivity index (χ0v) is 15.9. The van der Waals surface area contributed by atoms with Gasteiger partial charge in [-0.2, -0.15) is 0 Å². The Bertz CT molecular complexity index is 847. The maximum Gasteiger partial charge on any atom is 0.242 e. The molecule has 0 bridgehead atoms. The molecule has 0 heterocycles. The number of hydrogen-bond donors (Lipinski definition) is 1. The molecule has 2 aromatic carbocycles. The average molecular weight is 378 g/mol. The van der Waals surface area contributed by atoms with Crippen LogP contribution in [-0.4, -0.2) is 32.7 Å². The van der Waals surface area contributed by atoms with Crippen molar-refractivity contribution in [3.05, 3.63) is 65.5 Å². The minimum atomic E-state index is -3.45. The molecule has 0 aliphatic carbocycles. The molecule has 0 aliphatic rings. The molecule has 7 heteroatoms. The average Bonchev–Trinajstić information content (AvgIpc) is 2.60. The summed E-state index contributed by atoms with van der Waals surface area (Å²) < 4.78 is 38.1. The molecule has 0 saturated carbocycles. The molecule has 0 unspecified atom stereocenters. The lowest BCUT2D eigenvalue weighted by atomic mass is 10.1. The number of carbonyl (C=O) groups excluding carboxylic acids is 1. The van der Waals surface area contributed by atoms with E-state index in [1.54, 1.807) is 36.4 Å². The van der Waals surface area contributed by atoms with Gasteiger partial charge >= 0.3 is 0 Å². The fraction of sp³-hybridized carbons (Fsp3) is 0.316. The number of hydrogen-bond acceptors (Lipinski definition) is 3. The van der Waals surface area contributed by atoms with E-state index in [4.69, 9.17) is 0 Å². The predicted molar refractivity (Wildman–Crippen MR) is 98.6 cm³/mol. The Hall–Kier alpha value is -2.25. The number of rotatable bonds is 7. The Balaban J connectivity index is 1.90. The van der Waals surface area contributed by atoms with Crippen molar-refractivity contribution in [2.45, 2.75) is 30.7 Å². The maximum atomic E-state index is 12.9. The Kier molecular flexibility index (Phi) is 6.50. The van der Waals surface area contributed by atoms with Gasteiger partial charge in [0.2, 0.25) is 15.9 Å². The first kappa shape index (κ1) is 20.1. The predicted octanol–water partition coefficient (Wildman–Crippen LogP) is 2.89. The van der Waals surface area contributed by atoms with Gasteiger partial charge in [0.1, 0.15) is 5.82 Å². The van der Waals surface area contributed by atoms with E-state index < -0.39 is 10.0 Å². The molecule has 0 saturated heterocycles. The summed E-state index contributed by atoms with van der Waals surface area (Å²) in [6.07, 6.45) is 0.787. The van der Waals surface area contributed by atoms with Crippen LogP contribution in [0.2, 0.25) is 0 Å². The summed E-state index contributed by atoms with van der Waals surface area (Å²) in [5.74, 6) is -0.432. The van der Waals surface area contributed by atoms with Gasteiger partial charge in [-0.3, -0.25) is 4.79 Å². The van der Waals surface area contributed by atoms with Crippen molar-refractivity contribution in [2.24, 2.45) is 0 Å². The van der Waals surface area contributed by atoms with Crippen LogP contribution in [0.5, 0.6) is 0 Å². The van der Waals surface area contributed by atoms with Crippen LogP contribution in [0.1, 0.15) is 30.5 Å². The van der Waals surface area contributed by atoms with Crippen LogP contribution in [-0.2, 0) is 21.2 Å². The summed E-state index contributed by atoms with van der Waals surface area (Å²) in [4.78, 5) is 12.3. The molecule has 2 aromatic rings. The molecular weight excluding hydrogens is 355 g/mol. The van der Waals surface area contributed by atoms with Crippen molar-refractivity contribution in [3.63, 3.8) is 0 Å². The van der Waals surface area contributed by atoms with Crippen molar-refractivity contribution in [2.75, 3.05) is 14.1 Å². The third-order valence-corrected chi connectivity index (χ3v) is 5.92. The zero-order chi connectivity index (χ0) is 19.3. The van der Waals surface area contributed by atoms with Gasteiger partial charge in [0.25, 0.3) is 0 Å². The van der Waals surface area contributed by atoms with Crippen molar-refractivity contribution in [1.82, 2.24) is 9.62 Å². The van der Waals surface area contributed by atoms with E-state index in [1.165, 1.54) is 26.2 Å². The highest BCUT2D eigenvalue weighted by Crippen LogP contribution is 2.16. The molecular formula is C19H23FN2O3S. The highest BCUT2D eigenvalue weighted by molar-refractivity contribution is 7.89. The van der Waals surface area contributed by atoms with Crippen molar-refractivity contribution in [1.29, 1.82) is 0 Å². The van der Waals surface area contributed by atoms with E-state index in [1.807, 2.05) is 6.92 Å². The molecule has 0 spiro atoms. The summed E-state index contributed by atoms with van der Waals surface area (Å²) in [6.45, 7) is 1.84. The van der Waals surface area contributed by atoms with Gasteiger partial charge in [0.05, 0.1) is 10.9 Å². The van der Waals surface area contributed by atoms with Crippen LogP contribution in [0, 0.1) is 5.82 Å². The van der Waals surface area contributed by atoms with Crippen LogP contribution >= 0.6 is 0 Å². The monoisotopic (exact) mass is 378 g/mol. The number of benzene rings is 2. The van der Waals surface area contributed by atoms with Crippen LogP contribution in [0.3, 0.4) is 0 Å². The van der Waals surface area contributed by atoms with E-state index in [0.717, 1.165) is 15.4 Å². The summed E-state index contributed by atoms with van der Waals surface area (Å²) in [6, 6.07) is 12.3. The highest BCUT2D eigenvalue weighted by atomic mass is 32.2. The van der Waals surface area contributed by atoms with Crippen LogP contribution in [0.25, 0.3) is 0 Å². The fourth-order valence-electron chi connectivity index (χ4n) is 2.45. The number of nitrogens with one attached hydrogen (secondary N) is 1. The van der Waals surface area contributed by atoms with Crippen molar-refractivity contribution in [3.8, 4) is 0 Å². The van der Waals surface area contributed by atoms with Crippen molar-refractivity contribution >= 4 is 15.9 Å². The maximum absolute atomic E-state index is 12.9. The van der Waals surface area contributed by atoms with Gasteiger partial charge < -0.3 is 5.32 Å². The van der Waals surface area contributed by atoms with Crippen LogP contribution < -0.4 is 5.32 Å². The SMILES string of the molecule is C[C@H](NC(=O)CCc1ccc(S(=O)(=O)N(C)C)cc1)c1ccc(F)cc1. The van der Waals surface area contributed by atoms with Gasteiger partial charge in [-0.15, -0.1) is 0 Å². The highest BCUT2D eigenvalue weighted by Gasteiger charge is 2.16. The first-order chi connectivity index (χ1) is 12.2. The smallest absolute Gasteiger partial charge is 0.242 e. The second kappa shape index (κ2) is 8.42. The molecule has 1 amide bonds. The van der Waals surface area contributed by atoms with Gasteiger partial charge in [-0.1, -0.05) is 24.3 Å². The van der Waals surface area contributed by atoms with E-state index in [0.29, 0.717) is 6.42 Å². The second-order valence-electron chi connectivity index (χ2n) is 6.27. The quantitative estimate of drug-likeness (QED) is 0.806. The number of amides is 1. The third-order valence-electron chi connectivity index (χ3n) is 4.09. The molecule has 2 rings (SSSR count). The minimum absolute atomic E-state index is 0.119. The van der Waals surface area contributed by atoms with Gasteiger partial charge in [-0.05, 0) is 48.7 Å². The fourth-order valence-corrected chi connectivity index (χ4v) is 3.35. The van der Waals surface area contributed by atoms with Gasteiger partial charge in [0, 0.05) is 20.5 Å². The molecule has 140 valence electrons. The molecule has 5 nitrogen and oxygen atoms in total. The summed E-state index contributed by atoms with van der Waals surface area (Å²) >= 11 is 0. The number of nitrogens with zero attached hydrogens (tertiary/aromatic N) is 1. The lowest BCUT2D eigenvalue weighted by molar-refractivity contribution is -0.121. The van der Waals surface area contributed by atoms with Crippen LogP contribution in [0.4, 0.5) is 4.39 Å². The Morgan fingerprint density at radius 3 is 2.19 bits per heavy atom. The molecule has 1 N–H and O–H groups in total. The standard InChI is InChI=1S/C19H23FN2O3S/c1-14(16-7-9-17(20)10-8-16)21-19(23)13-6-15-4-11-18(12-5-15)26(24,25)22(2)3/h4-5,7-12,14H,6,13H2,1-3H3,(H,21,23)/t14-/m0/s1. The minimum Gasteiger partial charge on any atom is -0.350 e.